The fourth-order valence-electron chi connectivity index (χ4n) is 2.62. The van der Waals surface area contributed by atoms with Gasteiger partial charge in [0.2, 0.25) is 16.9 Å². The molecule has 1 aliphatic rings. The number of aromatic nitrogens is 6. The van der Waals surface area contributed by atoms with E-state index in [4.69, 9.17) is 9.15 Å². The van der Waals surface area contributed by atoms with Crippen LogP contribution in [0.15, 0.2) is 38.3 Å². The maximum atomic E-state index is 5.75. The standard InChI is InChI=1S/C15H15BrN6O2S/c16-11-3-1-2-10(8-11)14-18-17-13(24-14)9-25-15-19-20-21-22(15)12-4-6-23-7-5-12/h1-3,8,12H,4-7,9H2. The van der Waals surface area contributed by atoms with Gasteiger partial charge < -0.3 is 9.15 Å². The molecule has 3 aromatic rings. The largest absolute Gasteiger partial charge is 0.420 e. The molecule has 1 aromatic carbocycles. The monoisotopic (exact) mass is 422 g/mol. The molecule has 0 atom stereocenters. The Balaban J connectivity index is 1.43. The molecule has 0 radical (unpaired) electrons. The van der Waals surface area contributed by atoms with Crippen molar-refractivity contribution in [1.29, 1.82) is 0 Å². The van der Waals surface area contributed by atoms with Gasteiger partial charge in [0.25, 0.3) is 0 Å². The quantitative estimate of drug-likeness (QED) is 0.578. The first-order valence-corrected chi connectivity index (χ1v) is 9.64. The van der Waals surface area contributed by atoms with Crippen LogP contribution in [-0.4, -0.2) is 43.6 Å². The second-order valence-corrected chi connectivity index (χ2v) is 7.41. The number of hydrogen-bond acceptors (Lipinski definition) is 8. The molecule has 0 saturated carbocycles. The Kier molecular flexibility index (Phi) is 5.09. The number of tetrazole rings is 1. The smallest absolute Gasteiger partial charge is 0.247 e. The molecule has 4 rings (SSSR count). The van der Waals surface area contributed by atoms with E-state index in [1.54, 1.807) is 0 Å². The van der Waals surface area contributed by atoms with Gasteiger partial charge in [0, 0.05) is 23.2 Å². The highest BCUT2D eigenvalue weighted by Crippen LogP contribution is 2.28. The van der Waals surface area contributed by atoms with E-state index in [1.165, 1.54) is 11.8 Å². The predicted molar refractivity (Wildman–Crippen MR) is 93.9 cm³/mol. The van der Waals surface area contributed by atoms with E-state index in [0.29, 0.717) is 17.5 Å². The van der Waals surface area contributed by atoms with Gasteiger partial charge in [-0.3, -0.25) is 0 Å². The second-order valence-electron chi connectivity index (χ2n) is 5.55. The summed E-state index contributed by atoms with van der Waals surface area (Å²) >= 11 is 4.93. The van der Waals surface area contributed by atoms with Crippen molar-refractivity contribution in [3.63, 3.8) is 0 Å². The number of rotatable bonds is 5. The highest BCUT2D eigenvalue weighted by molar-refractivity contribution is 9.10. The maximum absolute atomic E-state index is 5.75. The van der Waals surface area contributed by atoms with Crippen LogP contribution < -0.4 is 0 Å². The molecule has 10 heteroatoms. The van der Waals surface area contributed by atoms with Crippen molar-refractivity contribution in [3.8, 4) is 11.5 Å². The summed E-state index contributed by atoms with van der Waals surface area (Å²) < 4.78 is 14.0. The molecule has 0 amide bonds. The maximum Gasteiger partial charge on any atom is 0.247 e. The zero-order chi connectivity index (χ0) is 17.1. The van der Waals surface area contributed by atoms with Crippen molar-refractivity contribution < 1.29 is 9.15 Å². The van der Waals surface area contributed by atoms with Crippen LogP contribution in [-0.2, 0) is 10.5 Å². The van der Waals surface area contributed by atoms with E-state index in [1.807, 2.05) is 28.9 Å². The third kappa shape index (κ3) is 3.91. The number of benzene rings is 1. The van der Waals surface area contributed by atoms with Gasteiger partial charge in [-0.1, -0.05) is 33.8 Å². The molecule has 1 fully saturated rings. The Morgan fingerprint density at radius 2 is 2.08 bits per heavy atom. The Morgan fingerprint density at radius 3 is 2.92 bits per heavy atom. The van der Waals surface area contributed by atoms with Crippen LogP contribution in [0.1, 0.15) is 24.8 Å². The SMILES string of the molecule is Brc1cccc(-c2nnc(CSc3nnnn3C3CCOCC3)o2)c1. The first-order chi connectivity index (χ1) is 12.3. The molecule has 130 valence electrons. The van der Waals surface area contributed by atoms with Gasteiger partial charge in [-0.25, -0.2) is 4.68 Å². The summed E-state index contributed by atoms with van der Waals surface area (Å²) in [5.41, 5.74) is 0.880. The third-order valence-electron chi connectivity index (χ3n) is 3.86. The van der Waals surface area contributed by atoms with E-state index in [9.17, 15) is 0 Å². The number of ether oxygens (including phenoxy) is 1. The zero-order valence-corrected chi connectivity index (χ0v) is 15.6. The Bertz CT molecular complexity index is 848. The molecule has 0 N–H and O–H groups in total. The summed E-state index contributed by atoms with van der Waals surface area (Å²) in [6.07, 6.45) is 1.85. The molecule has 1 saturated heterocycles. The summed E-state index contributed by atoms with van der Waals surface area (Å²) in [5, 5.41) is 21.0. The molecule has 0 unspecified atom stereocenters. The highest BCUT2D eigenvalue weighted by Gasteiger charge is 2.21. The van der Waals surface area contributed by atoms with Gasteiger partial charge in [-0.05, 0) is 41.5 Å². The Labute approximate surface area is 156 Å². The van der Waals surface area contributed by atoms with E-state index >= 15 is 0 Å². The van der Waals surface area contributed by atoms with Crippen LogP contribution in [0.25, 0.3) is 11.5 Å². The van der Waals surface area contributed by atoms with Gasteiger partial charge in [-0.2, -0.15) is 0 Å². The summed E-state index contributed by atoms with van der Waals surface area (Å²) in [6.45, 7) is 1.49. The van der Waals surface area contributed by atoms with Crippen molar-refractivity contribution in [2.45, 2.75) is 29.8 Å². The van der Waals surface area contributed by atoms with Gasteiger partial charge in [-0.15, -0.1) is 15.3 Å². The van der Waals surface area contributed by atoms with E-state index < -0.39 is 0 Å². The van der Waals surface area contributed by atoms with Gasteiger partial charge in [0.05, 0.1) is 11.8 Å². The third-order valence-corrected chi connectivity index (χ3v) is 5.27. The predicted octanol–water partition coefficient (Wildman–Crippen LogP) is 3.13. The lowest BCUT2D eigenvalue weighted by molar-refractivity contribution is 0.0631. The van der Waals surface area contributed by atoms with Gasteiger partial charge in [0.15, 0.2) is 0 Å². The minimum atomic E-state index is 0.283. The normalized spacial score (nSPS) is 15.6. The van der Waals surface area contributed by atoms with E-state index in [2.05, 4.69) is 41.7 Å². The highest BCUT2D eigenvalue weighted by atomic mass is 79.9. The molecule has 1 aliphatic heterocycles. The average Bonchev–Trinajstić information content (AvgIpc) is 3.30. The molecule has 2 aromatic heterocycles. The lowest BCUT2D eigenvalue weighted by Gasteiger charge is -2.22. The van der Waals surface area contributed by atoms with Crippen molar-refractivity contribution in [3.05, 3.63) is 34.6 Å². The first kappa shape index (κ1) is 16.7. The molecule has 0 spiro atoms. The zero-order valence-electron chi connectivity index (χ0n) is 13.2. The van der Waals surface area contributed by atoms with Crippen LogP contribution in [0.5, 0.6) is 0 Å². The topological polar surface area (TPSA) is 91.8 Å². The summed E-state index contributed by atoms with van der Waals surface area (Å²) in [6, 6.07) is 8.04. The fraction of sp³-hybridized carbons (Fsp3) is 0.400. The van der Waals surface area contributed by atoms with E-state index in [-0.39, 0.29) is 6.04 Å². The summed E-state index contributed by atoms with van der Waals surface area (Å²) in [4.78, 5) is 0. The number of thioether (sulfide) groups is 1. The minimum Gasteiger partial charge on any atom is -0.420 e. The Hall–Kier alpha value is -1.78. The molecule has 3 heterocycles. The van der Waals surface area contributed by atoms with Crippen molar-refractivity contribution >= 4 is 27.7 Å². The average molecular weight is 423 g/mol. The van der Waals surface area contributed by atoms with Crippen molar-refractivity contribution in [2.75, 3.05) is 13.2 Å². The second kappa shape index (κ2) is 7.63. The minimum absolute atomic E-state index is 0.283. The number of nitrogens with zero attached hydrogens (tertiary/aromatic N) is 6. The lowest BCUT2D eigenvalue weighted by Crippen LogP contribution is -2.21. The van der Waals surface area contributed by atoms with Crippen LogP contribution in [0.3, 0.4) is 0 Å². The molecular weight excluding hydrogens is 408 g/mol. The van der Waals surface area contributed by atoms with Gasteiger partial charge >= 0.3 is 0 Å². The van der Waals surface area contributed by atoms with Crippen molar-refractivity contribution in [2.24, 2.45) is 0 Å². The van der Waals surface area contributed by atoms with E-state index in [0.717, 1.165) is 41.2 Å². The van der Waals surface area contributed by atoms with Crippen LogP contribution in [0.4, 0.5) is 0 Å². The van der Waals surface area contributed by atoms with Crippen molar-refractivity contribution in [1.82, 2.24) is 30.4 Å². The summed E-state index contributed by atoms with van der Waals surface area (Å²) in [7, 11) is 0. The van der Waals surface area contributed by atoms with Crippen LogP contribution in [0, 0.1) is 0 Å². The number of halogens is 1. The molecule has 25 heavy (non-hydrogen) atoms. The summed E-state index contributed by atoms with van der Waals surface area (Å²) in [5.74, 6) is 1.56. The molecule has 8 nitrogen and oxygen atoms in total. The fourth-order valence-corrected chi connectivity index (χ4v) is 3.80. The Morgan fingerprint density at radius 1 is 1.20 bits per heavy atom. The lowest BCUT2D eigenvalue weighted by atomic mass is 10.1. The first-order valence-electron chi connectivity index (χ1n) is 7.86. The van der Waals surface area contributed by atoms with Crippen LogP contribution in [0.2, 0.25) is 0 Å². The molecule has 0 aliphatic carbocycles. The molecule has 0 bridgehead atoms. The number of hydrogen-bond donors (Lipinski definition) is 0. The molecular formula is C15H15BrN6O2S. The van der Waals surface area contributed by atoms with Gasteiger partial charge in [0.1, 0.15) is 0 Å². The van der Waals surface area contributed by atoms with Crippen LogP contribution >= 0.6 is 27.7 Å².